The van der Waals surface area contributed by atoms with Crippen LogP contribution in [0.2, 0.25) is 0 Å². The first kappa shape index (κ1) is 20.1. The van der Waals surface area contributed by atoms with Crippen molar-refractivity contribution < 1.29 is 19.2 Å². The van der Waals surface area contributed by atoms with Gasteiger partial charge in [0.1, 0.15) is 0 Å². The Labute approximate surface area is 166 Å². The Bertz CT molecular complexity index is 909. The number of nitro benzene ring substituents is 1. The molecule has 2 aliphatic heterocycles. The topological polar surface area (TPSA) is 102 Å². The zero-order valence-electron chi connectivity index (χ0n) is 16.0. The lowest BCUT2D eigenvalue weighted by Crippen LogP contribution is -2.41. The Hall–Kier alpha value is -2.68. The number of non-ortho nitro benzene ring substituents is 1. The van der Waals surface area contributed by atoms with E-state index in [1.807, 2.05) is 6.92 Å². The maximum absolute atomic E-state index is 13.0. The van der Waals surface area contributed by atoms with E-state index in [0.29, 0.717) is 22.8 Å². The molecule has 28 heavy (non-hydrogen) atoms. The number of fused-ring (bicyclic) bond motifs is 1. The normalized spacial score (nSPS) is 21.7. The smallest absolute Gasteiger partial charge is 0.338 e. The van der Waals surface area contributed by atoms with Gasteiger partial charge >= 0.3 is 5.97 Å². The highest BCUT2D eigenvalue weighted by Gasteiger charge is 2.47. The first-order chi connectivity index (χ1) is 13.2. The summed E-state index contributed by atoms with van der Waals surface area (Å²) in [6.07, 6.45) is 0.266. The molecule has 1 aromatic carbocycles. The number of carbonyl (C=O) groups is 2. The molecular weight excluding hydrogens is 382 g/mol. The molecule has 0 N–H and O–H groups in total. The van der Waals surface area contributed by atoms with Crippen molar-refractivity contribution in [1.82, 2.24) is 4.90 Å². The fourth-order valence-corrected chi connectivity index (χ4v) is 4.39. The number of nitrogens with zero attached hydrogens (tertiary/aromatic N) is 3. The Morgan fingerprint density at radius 3 is 2.75 bits per heavy atom. The highest BCUT2D eigenvalue weighted by Crippen LogP contribution is 2.44. The van der Waals surface area contributed by atoms with Crippen molar-refractivity contribution in [3.63, 3.8) is 0 Å². The molecule has 0 spiro atoms. The summed E-state index contributed by atoms with van der Waals surface area (Å²) in [7, 11) is 0. The van der Waals surface area contributed by atoms with Crippen LogP contribution in [0.5, 0.6) is 0 Å². The van der Waals surface area contributed by atoms with Crippen LogP contribution in [0.1, 0.15) is 45.7 Å². The molecule has 2 heterocycles. The molecular formula is C19H21N3O5S. The Kier molecular flexibility index (Phi) is 5.55. The van der Waals surface area contributed by atoms with Gasteiger partial charge < -0.3 is 4.74 Å². The second kappa shape index (κ2) is 7.75. The number of hydrogen-bond donors (Lipinski definition) is 0. The van der Waals surface area contributed by atoms with Crippen LogP contribution in [0.4, 0.5) is 5.69 Å². The molecule has 0 bridgehead atoms. The minimum atomic E-state index is -0.810. The van der Waals surface area contributed by atoms with Crippen LogP contribution in [0.3, 0.4) is 0 Å². The van der Waals surface area contributed by atoms with Crippen LogP contribution in [0.15, 0.2) is 40.5 Å². The number of ether oxygens (including phenoxy) is 1. The molecule has 0 aromatic heterocycles. The summed E-state index contributed by atoms with van der Waals surface area (Å²) in [5.74, 6) is -0.741. The first-order valence-electron chi connectivity index (χ1n) is 8.99. The van der Waals surface area contributed by atoms with Gasteiger partial charge in [0.25, 0.3) is 5.69 Å². The van der Waals surface area contributed by atoms with Crippen molar-refractivity contribution in [3.8, 4) is 0 Å². The van der Waals surface area contributed by atoms with Crippen LogP contribution >= 0.6 is 11.8 Å². The first-order valence-corrected chi connectivity index (χ1v) is 9.87. The number of thioether (sulfide) groups is 1. The summed E-state index contributed by atoms with van der Waals surface area (Å²) in [5, 5.41) is 11.5. The number of amidine groups is 1. The quantitative estimate of drug-likeness (QED) is 0.423. The van der Waals surface area contributed by atoms with Gasteiger partial charge in [-0.25, -0.2) is 9.79 Å². The molecule has 1 fully saturated rings. The van der Waals surface area contributed by atoms with Gasteiger partial charge in [0.15, 0.2) is 5.17 Å². The third kappa shape index (κ3) is 3.54. The summed E-state index contributed by atoms with van der Waals surface area (Å²) < 4.78 is 5.38. The van der Waals surface area contributed by atoms with Crippen molar-refractivity contribution in [1.29, 1.82) is 0 Å². The van der Waals surface area contributed by atoms with E-state index in [-0.39, 0.29) is 28.5 Å². The predicted octanol–water partition coefficient (Wildman–Crippen LogP) is 3.59. The number of allylic oxidation sites excluding steroid dienone is 1. The van der Waals surface area contributed by atoms with Gasteiger partial charge in [-0.1, -0.05) is 30.8 Å². The molecule has 2 aliphatic rings. The van der Waals surface area contributed by atoms with Crippen LogP contribution in [-0.4, -0.2) is 38.2 Å². The number of amides is 1. The molecule has 2 atom stereocenters. The van der Waals surface area contributed by atoms with E-state index in [4.69, 9.17) is 4.74 Å². The van der Waals surface area contributed by atoms with E-state index >= 15 is 0 Å². The highest BCUT2D eigenvalue weighted by atomic mass is 32.2. The summed E-state index contributed by atoms with van der Waals surface area (Å²) in [4.78, 5) is 42.5. The summed E-state index contributed by atoms with van der Waals surface area (Å²) >= 11 is 1.35. The van der Waals surface area contributed by atoms with Gasteiger partial charge in [0, 0.05) is 12.1 Å². The molecule has 0 radical (unpaired) electrons. The fourth-order valence-electron chi connectivity index (χ4n) is 3.25. The molecule has 1 saturated heterocycles. The number of hydrogen-bond acceptors (Lipinski definition) is 7. The van der Waals surface area contributed by atoms with E-state index in [0.717, 1.165) is 0 Å². The lowest BCUT2D eigenvalue weighted by atomic mass is 9.94. The fraction of sp³-hybridized carbons (Fsp3) is 0.421. The SMILES string of the molecule is CC[C@@H]1SC2=NC(C)=C(C(=O)OC(C)C)[C@@H](c3cccc([N+](=O)[O-])c3)N2C1=O. The monoisotopic (exact) mass is 403 g/mol. The third-order valence-electron chi connectivity index (χ3n) is 4.48. The van der Waals surface area contributed by atoms with Gasteiger partial charge in [-0.05, 0) is 32.8 Å². The zero-order chi connectivity index (χ0) is 20.6. The lowest BCUT2D eigenvalue weighted by molar-refractivity contribution is -0.384. The Morgan fingerprint density at radius 1 is 1.43 bits per heavy atom. The van der Waals surface area contributed by atoms with Crippen LogP contribution in [0, 0.1) is 10.1 Å². The summed E-state index contributed by atoms with van der Waals surface area (Å²) in [5.41, 5.74) is 1.04. The van der Waals surface area contributed by atoms with E-state index < -0.39 is 16.9 Å². The average molecular weight is 403 g/mol. The Morgan fingerprint density at radius 2 is 2.14 bits per heavy atom. The maximum Gasteiger partial charge on any atom is 0.338 e. The molecule has 8 nitrogen and oxygen atoms in total. The summed E-state index contributed by atoms with van der Waals surface area (Å²) in [6, 6.07) is 5.17. The van der Waals surface area contributed by atoms with Gasteiger partial charge in [-0.3, -0.25) is 19.8 Å². The number of esters is 1. The molecule has 1 amide bonds. The van der Waals surface area contributed by atoms with E-state index in [2.05, 4.69) is 4.99 Å². The van der Waals surface area contributed by atoms with Crippen LogP contribution in [-0.2, 0) is 14.3 Å². The molecule has 1 aromatic rings. The van der Waals surface area contributed by atoms with Crippen molar-refractivity contribution in [3.05, 3.63) is 51.2 Å². The number of aliphatic imine (C=N–C) groups is 1. The molecule has 9 heteroatoms. The van der Waals surface area contributed by atoms with Crippen molar-refractivity contribution in [2.24, 2.45) is 4.99 Å². The largest absolute Gasteiger partial charge is 0.459 e. The number of benzene rings is 1. The van der Waals surface area contributed by atoms with Gasteiger partial charge in [-0.15, -0.1) is 0 Å². The third-order valence-corrected chi connectivity index (χ3v) is 5.80. The maximum atomic E-state index is 13.0. The molecule has 0 aliphatic carbocycles. The molecule has 3 rings (SSSR count). The minimum absolute atomic E-state index is 0.109. The predicted molar refractivity (Wildman–Crippen MR) is 106 cm³/mol. The van der Waals surface area contributed by atoms with Gasteiger partial charge in [-0.2, -0.15) is 0 Å². The standard InChI is InChI=1S/C19H21N3O5S/c1-5-14-17(23)21-16(12-7-6-8-13(9-12)22(25)26)15(18(24)27-10(2)3)11(4)20-19(21)28-14/h6-10,14,16H,5H2,1-4H3/t14-,16+/m0/s1. The highest BCUT2D eigenvalue weighted by molar-refractivity contribution is 8.15. The number of nitro groups is 1. The van der Waals surface area contributed by atoms with Gasteiger partial charge in [0.2, 0.25) is 5.91 Å². The van der Waals surface area contributed by atoms with Crippen molar-refractivity contribution in [2.75, 3.05) is 0 Å². The molecule has 0 saturated carbocycles. The second-order valence-electron chi connectivity index (χ2n) is 6.83. The van der Waals surface area contributed by atoms with E-state index in [1.54, 1.807) is 32.9 Å². The van der Waals surface area contributed by atoms with E-state index in [1.165, 1.54) is 28.8 Å². The average Bonchev–Trinajstić information content (AvgIpc) is 2.95. The van der Waals surface area contributed by atoms with Crippen molar-refractivity contribution in [2.45, 2.75) is 51.5 Å². The molecule has 148 valence electrons. The van der Waals surface area contributed by atoms with Crippen molar-refractivity contribution >= 4 is 34.5 Å². The Balaban J connectivity index is 2.16. The number of rotatable bonds is 5. The van der Waals surface area contributed by atoms with Crippen LogP contribution in [0.25, 0.3) is 0 Å². The van der Waals surface area contributed by atoms with E-state index in [9.17, 15) is 19.7 Å². The van der Waals surface area contributed by atoms with Gasteiger partial charge in [0.05, 0.1) is 33.6 Å². The number of carbonyl (C=O) groups excluding carboxylic acids is 2. The zero-order valence-corrected chi connectivity index (χ0v) is 16.9. The van der Waals surface area contributed by atoms with Crippen LogP contribution < -0.4 is 0 Å². The minimum Gasteiger partial charge on any atom is -0.459 e. The summed E-state index contributed by atoms with van der Waals surface area (Å²) in [6.45, 7) is 7.07. The lowest BCUT2D eigenvalue weighted by Gasteiger charge is -2.33. The second-order valence-corrected chi connectivity index (χ2v) is 8.00. The molecule has 0 unspecified atom stereocenters.